The van der Waals surface area contributed by atoms with E-state index in [1.54, 1.807) is 0 Å². The molecule has 0 amide bonds. The van der Waals surface area contributed by atoms with Crippen LogP contribution in [0.5, 0.6) is 0 Å². The summed E-state index contributed by atoms with van der Waals surface area (Å²) in [5, 5.41) is 7.85. The second-order valence-electron chi connectivity index (χ2n) is 5.07. The molecule has 1 aromatic heterocycles. The Morgan fingerprint density at radius 1 is 1.53 bits per heavy atom. The summed E-state index contributed by atoms with van der Waals surface area (Å²) in [5.41, 5.74) is 2.33. The molecule has 3 nitrogen and oxygen atoms in total. The first-order chi connectivity index (χ1) is 6.87. The van der Waals surface area contributed by atoms with Gasteiger partial charge in [-0.2, -0.15) is 5.10 Å². The average Bonchev–Trinajstić information content (AvgIpc) is 2.46. The van der Waals surface area contributed by atoms with Gasteiger partial charge >= 0.3 is 0 Å². The lowest BCUT2D eigenvalue weighted by molar-refractivity contribution is 0.419. The molecule has 15 heavy (non-hydrogen) atoms. The van der Waals surface area contributed by atoms with Crippen molar-refractivity contribution in [3.8, 4) is 0 Å². The minimum atomic E-state index is 0.137. The van der Waals surface area contributed by atoms with E-state index in [1.807, 2.05) is 23.9 Å². The second kappa shape index (κ2) is 4.62. The topological polar surface area (TPSA) is 29.9 Å². The zero-order valence-corrected chi connectivity index (χ0v) is 10.2. The van der Waals surface area contributed by atoms with E-state index in [0.717, 1.165) is 24.4 Å². The molecular weight excluding hydrogens is 186 g/mol. The van der Waals surface area contributed by atoms with Gasteiger partial charge in [0.15, 0.2) is 0 Å². The fourth-order valence-electron chi connectivity index (χ4n) is 1.22. The molecule has 0 bridgehead atoms. The van der Waals surface area contributed by atoms with Gasteiger partial charge in [0.2, 0.25) is 0 Å². The molecule has 0 saturated carbocycles. The molecule has 0 saturated heterocycles. The number of aromatic nitrogens is 2. The van der Waals surface area contributed by atoms with E-state index in [0.29, 0.717) is 0 Å². The third-order valence-electron chi connectivity index (χ3n) is 1.93. The molecular formula is C12H21N3. The molecule has 3 heteroatoms. The fraction of sp³-hybridized carbons (Fsp3) is 0.583. The third-order valence-corrected chi connectivity index (χ3v) is 1.93. The van der Waals surface area contributed by atoms with Crippen LogP contribution >= 0.6 is 0 Å². The average molecular weight is 207 g/mol. The molecule has 0 fully saturated rings. The van der Waals surface area contributed by atoms with E-state index in [4.69, 9.17) is 0 Å². The van der Waals surface area contributed by atoms with E-state index in [9.17, 15) is 0 Å². The number of nitrogens with zero attached hydrogens (tertiary/aromatic N) is 2. The molecule has 0 spiro atoms. The molecule has 0 aliphatic heterocycles. The van der Waals surface area contributed by atoms with Crippen LogP contribution in [0.15, 0.2) is 24.4 Å². The summed E-state index contributed by atoms with van der Waals surface area (Å²) in [5.74, 6) is 0. The number of allylic oxidation sites excluding steroid dienone is 1. The Labute approximate surface area is 92.2 Å². The van der Waals surface area contributed by atoms with E-state index in [-0.39, 0.29) is 5.54 Å². The third kappa shape index (κ3) is 4.79. The summed E-state index contributed by atoms with van der Waals surface area (Å²) in [7, 11) is 0. The van der Waals surface area contributed by atoms with Gasteiger partial charge in [0.25, 0.3) is 0 Å². The monoisotopic (exact) mass is 207 g/mol. The Kier molecular flexibility index (Phi) is 3.69. The minimum Gasteiger partial charge on any atom is -0.306 e. The van der Waals surface area contributed by atoms with Crippen molar-refractivity contribution in [1.82, 2.24) is 15.1 Å². The van der Waals surface area contributed by atoms with Gasteiger partial charge in [-0.3, -0.25) is 4.68 Å². The predicted octanol–water partition coefficient (Wildman–Crippen LogP) is 2.35. The Bertz CT molecular complexity index is 331. The largest absolute Gasteiger partial charge is 0.306 e. The second-order valence-corrected chi connectivity index (χ2v) is 5.07. The zero-order valence-electron chi connectivity index (χ0n) is 10.2. The maximum atomic E-state index is 4.45. The van der Waals surface area contributed by atoms with Gasteiger partial charge in [-0.05, 0) is 33.8 Å². The molecule has 1 N–H and O–H groups in total. The van der Waals surface area contributed by atoms with Gasteiger partial charge < -0.3 is 5.32 Å². The minimum absolute atomic E-state index is 0.137. The van der Waals surface area contributed by atoms with Crippen molar-refractivity contribution in [2.24, 2.45) is 0 Å². The summed E-state index contributed by atoms with van der Waals surface area (Å²) in [6.45, 7) is 13.9. The van der Waals surface area contributed by atoms with Crippen molar-refractivity contribution >= 4 is 0 Å². The van der Waals surface area contributed by atoms with Gasteiger partial charge in [0.05, 0.1) is 12.2 Å². The molecule has 1 heterocycles. The SMILES string of the molecule is C=C(C)Cn1ccc(CNC(C)(C)C)n1. The predicted molar refractivity (Wildman–Crippen MR) is 63.6 cm³/mol. The summed E-state index contributed by atoms with van der Waals surface area (Å²) in [4.78, 5) is 0. The standard InChI is InChI=1S/C12H21N3/c1-10(2)9-15-7-6-11(14-15)8-13-12(3,4)5/h6-7,13H,1,8-9H2,2-5H3. The number of hydrogen-bond donors (Lipinski definition) is 1. The van der Waals surface area contributed by atoms with Crippen LogP contribution < -0.4 is 5.32 Å². The Morgan fingerprint density at radius 3 is 2.73 bits per heavy atom. The van der Waals surface area contributed by atoms with Crippen LogP contribution in [-0.2, 0) is 13.1 Å². The summed E-state index contributed by atoms with van der Waals surface area (Å²) in [6, 6.07) is 2.04. The first-order valence-corrected chi connectivity index (χ1v) is 5.28. The van der Waals surface area contributed by atoms with Crippen LogP contribution in [0.2, 0.25) is 0 Å². The quantitative estimate of drug-likeness (QED) is 0.768. The molecule has 0 unspecified atom stereocenters. The van der Waals surface area contributed by atoms with Crippen LogP contribution in [0.1, 0.15) is 33.4 Å². The van der Waals surface area contributed by atoms with Gasteiger partial charge in [0, 0.05) is 18.3 Å². The van der Waals surface area contributed by atoms with Crippen molar-refractivity contribution in [2.45, 2.75) is 46.3 Å². The number of nitrogens with one attached hydrogen (secondary N) is 1. The van der Waals surface area contributed by atoms with Crippen molar-refractivity contribution < 1.29 is 0 Å². The molecule has 0 radical (unpaired) electrons. The van der Waals surface area contributed by atoms with Crippen LogP contribution in [-0.4, -0.2) is 15.3 Å². The summed E-state index contributed by atoms with van der Waals surface area (Å²) >= 11 is 0. The van der Waals surface area contributed by atoms with Crippen LogP contribution in [0.3, 0.4) is 0 Å². The maximum Gasteiger partial charge on any atom is 0.0762 e. The van der Waals surface area contributed by atoms with Crippen molar-refractivity contribution in [3.05, 3.63) is 30.1 Å². The lowest BCUT2D eigenvalue weighted by Crippen LogP contribution is -2.35. The van der Waals surface area contributed by atoms with Crippen LogP contribution in [0.25, 0.3) is 0 Å². The molecule has 0 aliphatic carbocycles. The lowest BCUT2D eigenvalue weighted by Gasteiger charge is -2.19. The molecule has 1 aromatic rings. The zero-order chi connectivity index (χ0) is 11.5. The van der Waals surface area contributed by atoms with Gasteiger partial charge in [-0.25, -0.2) is 0 Å². The molecule has 0 atom stereocenters. The first kappa shape index (κ1) is 12.0. The fourth-order valence-corrected chi connectivity index (χ4v) is 1.22. The van der Waals surface area contributed by atoms with Crippen molar-refractivity contribution in [2.75, 3.05) is 0 Å². The highest BCUT2D eigenvalue weighted by molar-refractivity contribution is 5.01. The summed E-state index contributed by atoms with van der Waals surface area (Å²) in [6.07, 6.45) is 1.99. The number of rotatable bonds is 4. The van der Waals surface area contributed by atoms with Gasteiger partial charge in [0.1, 0.15) is 0 Å². The Balaban J connectivity index is 2.50. The number of hydrogen-bond acceptors (Lipinski definition) is 2. The van der Waals surface area contributed by atoms with Crippen molar-refractivity contribution in [1.29, 1.82) is 0 Å². The van der Waals surface area contributed by atoms with Crippen LogP contribution in [0, 0.1) is 0 Å². The highest BCUT2D eigenvalue weighted by Crippen LogP contribution is 2.03. The van der Waals surface area contributed by atoms with E-state index in [2.05, 4.69) is 37.8 Å². The normalized spacial score (nSPS) is 11.7. The highest BCUT2D eigenvalue weighted by atomic mass is 15.3. The van der Waals surface area contributed by atoms with Crippen LogP contribution in [0.4, 0.5) is 0 Å². The van der Waals surface area contributed by atoms with Gasteiger partial charge in [-0.15, -0.1) is 0 Å². The molecule has 0 aliphatic rings. The Hall–Kier alpha value is -1.09. The van der Waals surface area contributed by atoms with Gasteiger partial charge in [-0.1, -0.05) is 12.2 Å². The van der Waals surface area contributed by atoms with E-state index < -0.39 is 0 Å². The molecule has 84 valence electrons. The Morgan fingerprint density at radius 2 is 2.20 bits per heavy atom. The van der Waals surface area contributed by atoms with E-state index in [1.165, 1.54) is 0 Å². The van der Waals surface area contributed by atoms with E-state index >= 15 is 0 Å². The molecule has 0 aromatic carbocycles. The highest BCUT2D eigenvalue weighted by Gasteiger charge is 2.09. The molecule has 1 rings (SSSR count). The smallest absolute Gasteiger partial charge is 0.0762 e. The summed E-state index contributed by atoms with van der Waals surface area (Å²) < 4.78 is 1.92. The van der Waals surface area contributed by atoms with Crippen molar-refractivity contribution in [3.63, 3.8) is 0 Å². The first-order valence-electron chi connectivity index (χ1n) is 5.28. The maximum absolute atomic E-state index is 4.45. The lowest BCUT2D eigenvalue weighted by atomic mass is 10.1.